The van der Waals surface area contributed by atoms with Crippen LogP contribution in [0, 0.1) is 0 Å². The largest absolute Gasteiger partial charge is 0.483 e. The van der Waals surface area contributed by atoms with Crippen LogP contribution in [0.2, 0.25) is 0 Å². The van der Waals surface area contributed by atoms with Crippen LogP contribution >= 0.6 is 0 Å². The summed E-state index contributed by atoms with van der Waals surface area (Å²) in [4.78, 5) is 39.2. The standard InChI is InChI=1S/C27H25N5O2.CH2O2/c1-31(2)16-23(19-9-4-3-5-10-19)28-26(33)22-15-25-27(34)29-24(17-32(25)30-22)21-13-12-18-8-6-7-11-20(18)14-21;2-1-3/h3-15,17,23H,16H2,1-2H3,(H,28,33)(H,29,34);1H,(H,2,3)/t23-;/m1./s1. The van der Waals surface area contributed by atoms with Crippen molar-refractivity contribution in [3.05, 3.63) is 107 Å². The molecule has 188 valence electrons. The number of fused-ring (bicyclic) bond motifs is 2. The average molecular weight is 498 g/mol. The molecule has 0 saturated heterocycles. The highest BCUT2D eigenvalue weighted by Gasteiger charge is 2.19. The molecule has 5 rings (SSSR count). The van der Waals surface area contributed by atoms with E-state index < -0.39 is 0 Å². The molecule has 0 unspecified atom stereocenters. The number of benzene rings is 3. The molecule has 3 aromatic carbocycles. The first-order valence-electron chi connectivity index (χ1n) is 11.6. The summed E-state index contributed by atoms with van der Waals surface area (Å²) in [5, 5.41) is 16.6. The molecule has 9 heteroatoms. The number of H-pyrrole nitrogens is 1. The third-order valence-corrected chi connectivity index (χ3v) is 5.82. The van der Waals surface area contributed by atoms with E-state index in [9.17, 15) is 9.59 Å². The molecular weight excluding hydrogens is 470 g/mol. The number of amides is 1. The number of carbonyl (C=O) groups is 2. The van der Waals surface area contributed by atoms with E-state index in [0.29, 0.717) is 17.8 Å². The minimum absolute atomic E-state index is 0.195. The number of nitrogens with one attached hydrogen (secondary N) is 2. The third-order valence-electron chi connectivity index (χ3n) is 5.82. The normalized spacial score (nSPS) is 11.6. The van der Waals surface area contributed by atoms with Crippen molar-refractivity contribution >= 4 is 28.7 Å². The zero-order valence-electron chi connectivity index (χ0n) is 20.5. The van der Waals surface area contributed by atoms with E-state index in [-0.39, 0.29) is 29.7 Å². The Bertz CT molecular complexity index is 1590. The zero-order chi connectivity index (χ0) is 26.4. The average Bonchev–Trinajstić information content (AvgIpc) is 3.34. The summed E-state index contributed by atoms with van der Waals surface area (Å²) in [6.45, 7) is 0.385. The molecule has 0 aliphatic carbocycles. The van der Waals surface area contributed by atoms with Gasteiger partial charge in [0.15, 0.2) is 5.69 Å². The third kappa shape index (κ3) is 5.91. The highest BCUT2D eigenvalue weighted by Crippen LogP contribution is 2.23. The first-order valence-corrected chi connectivity index (χ1v) is 11.6. The van der Waals surface area contributed by atoms with Crippen LogP contribution in [-0.4, -0.2) is 57.6 Å². The number of hydrogen-bond acceptors (Lipinski definition) is 5. The molecule has 9 nitrogen and oxygen atoms in total. The number of hydrogen-bond donors (Lipinski definition) is 3. The monoisotopic (exact) mass is 497 g/mol. The molecule has 0 aliphatic heterocycles. The van der Waals surface area contributed by atoms with Gasteiger partial charge in [-0.2, -0.15) is 5.10 Å². The van der Waals surface area contributed by atoms with Crippen molar-refractivity contribution in [1.29, 1.82) is 0 Å². The fourth-order valence-electron chi connectivity index (χ4n) is 4.13. The number of nitrogens with zero attached hydrogens (tertiary/aromatic N) is 3. The Morgan fingerprint density at radius 3 is 2.43 bits per heavy atom. The van der Waals surface area contributed by atoms with Crippen LogP contribution in [0.25, 0.3) is 27.5 Å². The summed E-state index contributed by atoms with van der Waals surface area (Å²) >= 11 is 0. The van der Waals surface area contributed by atoms with Gasteiger partial charge in [-0.3, -0.25) is 14.4 Å². The molecular formula is C28H27N5O4. The minimum Gasteiger partial charge on any atom is -0.483 e. The van der Waals surface area contributed by atoms with Gasteiger partial charge in [0, 0.05) is 18.2 Å². The highest BCUT2D eigenvalue weighted by atomic mass is 16.3. The van der Waals surface area contributed by atoms with Crippen molar-refractivity contribution in [2.75, 3.05) is 20.6 Å². The maximum Gasteiger partial charge on any atom is 0.290 e. The van der Waals surface area contributed by atoms with Crippen LogP contribution in [0.1, 0.15) is 22.1 Å². The minimum atomic E-state index is -0.328. The van der Waals surface area contributed by atoms with Crippen molar-refractivity contribution in [1.82, 2.24) is 24.8 Å². The van der Waals surface area contributed by atoms with Gasteiger partial charge in [0.05, 0.1) is 17.9 Å². The topological polar surface area (TPSA) is 120 Å². The molecule has 0 saturated carbocycles. The van der Waals surface area contributed by atoms with E-state index >= 15 is 0 Å². The van der Waals surface area contributed by atoms with Crippen molar-refractivity contribution in [2.45, 2.75) is 6.04 Å². The van der Waals surface area contributed by atoms with Gasteiger partial charge in [-0.05, 0) is 36.5 Å². The molecule has 0 spiro atoms. The molecule has 0 radical (unpaired) electrons. The lowest BCUT2D eigenvalue weighted by molar-refractivity contribution is -0.122. The highest BCUT2D eigenvalue weighted by molar-refractivity contribution is 5.94. The number of aromatic amines is 1. The smallest absolute Gasteiger partial charge is 0.290 e. The maximum absolute atomic E-state index is 13.1. The Hall–Kier alpha value is -4.76. The Morgan fingerprint density at radius 1 is 1.05 bits per heavy atom. The van der Waals surface area contributed by atoms with Gasteiger partial charge in [-0.15, -0.1) is 0 Å². The van der Waals surface area contributed by atoms with Crippen LogP contribution in [-0.2, 0) is 4.79 Å². The summed E-state index contributed by atoms with van der Waals surface area (Å²) in [5.41, 5.74) is 2.72. The van der Waals surface area contributed by atoms with Gasteiger partial charge in [-0.25, -0.2) is 4.52 Å². The molecule has 1 atom stereocenters. The van der Waals surface area contributed by atoms with Crippen molar-refractivity contribution in [3.8, 4) is 11.3 Å². The van der Waals surface area contributed by atoms with Crippen molar-refractivity contribution < 1.29 is 14.7 Å². The van der Waals surface area contributed by atoms with Crippen LogP contribution < -0.4 is 10.9 Å². The van der Waals surface area contributed by atoms with Crippen LogP contribution in [0.3, 0.4) is 0 Å². The van der Waals surface area contributed by atoms with Gasteiger partial charge < -0.3 is 20.3 Å². The van der Waals surface area contributed by atoms with E-state index in [1.165, 1.54) is 10.6 Å². The van der Waals surface area contributed by atoms with E-state index in [1.54, 1.807) is 6.20 Å². The zero-order valence-corrected chi connectivity index (χ0v) is 20.5. The van der Waals surface area contributed by atoms with Crippen LogP contribution in [0.5, 0.6) is 0 Å². The van der Waals surface area contributed by atoms with Crippen molar-refractivity contribution in [3.63, 3.8) is 0 Å². The number of carbonyl (C=O) groups excluding carboxylic acids is 1. The maximum atomic E-state index is 13.1. The number of rotatable bonds is 6. The first kappa shape index (κ1) is 25.3. The summed E-state index contributed by atoms with van der Waals surface area (Å²) < 4.78 is 1.47. The Morgan fingerprint density at radius 2 is 1.73 bits per heavy atom. The van der Waals surface area contributed by atoms with Gasteiger partial charge in [0.2, 0.25) is 0 Å². The van der Waals surface area contributed by atoms with Crippen LogP contribution in [0.4, 0.5) is 0 Å². The number of likely N-dealkylation sites (N-methyl/N-ethyl adjacent to an activating group) is 1. The predicted octanol–water partition coefficient (Wildman–Crippen LogP) is 3.58. The summed E-state index contributed by atoms with van der Waals surface area (Å²) in [6.07, 6.45) is 1.74. The van der Waals surface area contributed by atoms with Crippen molar-refractivity contribution in [2.24, 2.45) is 0 Å². The lowest BCUT2D eigenvalue weighted by atomic mass is 10.1. The van der Waals surface area contributed by atoms with Gasteiger partial charge >= 0.3 is 0 Å². The Labute approximate surface area is 213 Å². The molecule has 3 N–H and O–H groups in total. The summed E-state index contributed by atoms with van der Waals surface area (Å²) in [5.74, 6) is -0.328. The second-order valence-corrected chi connectivity index (χ2v) is 8.72. The molecule has 0 bridgehead atoms. The van der Waals surface area contributed by atoms with E-state index in [1.807, 2.05) is 91.8 Å². The lowest BCUT2D eigenvalue weighted by Gasteiger charge is -2.22. The second-order valence-electron chi connectivity index (χ2n) is 8.72. The van der Waals surface area contributed by atoms with E-state index in [0.717, 1.165) is 21.9 Å². The van der Waals surface area contributed by atoms with Crippen LogP contribution in [0.15, 0.2) is 89.9 Å². The molecule has 1 amide bonds. The lowest BCUT2D eigenvalue weighted by Crippen LogP contribution is -2.35. The fraction of sp³-hybridized carbons (Fsp3) is 0.143. The van der Waals surface area contributed by atoms with Gasteiger partial charge in [0.25, 0.3) is 17.9 Å². The molecule has 0 fully saturated rings. The molecule has 2 heterocycles. The Kier molecular flexibility index (Phi) is 7.75. The molecule has 0 aliphatic rings. The Balaban J connectivity index is 0.00000102. The molecule has 2 aromatic heterocycles. The van der Waals surface area contributed by atoms with E-state index in [2.05, 4.69) is 15.4 Å². The first-order chi connectivity index (χ1) is 17.9. The molecule has 37 heavy (non-hydrogen) atoms. The molecule has 5 aromatic rings. The number of carboxylic acid groups (broad SMARTS) is 1. The quantitative estimate of drug-likeness (QED) is 0.309. The predicted molar refractivity (Wildman–Crippen MR) is 143 cm³/mol. The van der Waals surface area contributed by atoms with Gasteiger partial charge in [0.1, 0.15) is 5.52 Å². The second kappa shape index (κ2) is 11.3. The number of aromatic nitrogens is 3. The van der Waals surface area contributed by atoms with E-state index in [4.69, 9.17) is 9.90 Å². The van der Waals surface area contributed by atoms with Gasteiger partial charge in [-0.1, -0.05) is 66.7 Å². The summed E-state index contributed by atoms with van der Waals surface area (Å²) in [6, 6.07) is 25.2. The fourth-order valence-corrected chi connectivity index (χ4v) is 4.13. The summed E-state index contributed by atoms with van der Waals surface area (Å²) in [7, 11) is 3.92. The SMILES string of the molecule is CN(C)C[C@@H](NC(=O)c1cc2c(=O)[nH]c(-c3ccc4ccccc4c3)cn2n1)c1ccccc1.O=CO.